The van der Waals surface area contributed by atoms with E-state index in [1.54, 1.807) is 30.7 Å². The number of hydrogen-bond donors (Lipinski definition) is 1. The Bertz CT molecular complexity index is 885. The topological polar surface area (TPSA) is 103 Å². The lowest BCUT2D eigenvalue weighted by Crippen LogP contribution is -2.28. The van der Waals surface area contributed by atoms with Gasteiger partial charge in [0.05, 0.1) is 17.8 Å². The molecule has 0 fully saturated rings. The second-order valence-electron chi connectivity index (χ2n) is 4.53. The minimum absolute atomic E-state index is 0.114. The van der Waals surface area contributed by atoms with Crippen molar-refractivity contribution in [2.75, 3.05) is 0 Å². The molecule has 3 rings (SSSR count). The fraction of sp³-hybridized carbons (Fsp3) is 0.273. The van der Waals surface area contributed by atoms with Crippen LogP contribution in [0.1, 0.15) is 18.8 Å². The van der Waals surface area contributed by atoms with E-state index >= 15 is 0 Å². The normalized spacial score (nSPS) is 13.6. The number of sulfonamides is 1. The van der Waals surface area contributed by atoms with Gasteiger partial charge in [0.2, 0.25) is 10.0 Å². The third kappa shape index (κ3) is 2.52. The maximum atomic E-state index is 12.5. The van der Waals surface area contributed by atoms with E-state index in [4.69, 9.17) is 0 Å². The highest BCUT2D eigenvalue weighted by molar-refractivity contribution is 7.89. The first-order chi connectivity index (χ1) is 9.99. The molecule has 2 heterocycles. The van der Waals surface area contributed by atoms with Crippen LogP contribution >= 0.6 is 11.7 Å². The van der Waals surface area contributed by atoms with E-state index in [1.807, 2.05) is 0 Å². The van der Waals surface area contributed by atoms with E-state index in [-0.39, 0.29) is 4.90 Å². The molecule has 8 nitrogen and oxygen atoms in total. The molecule has 0 unspecified atom stereocenters. The van der Waals surface area contributed by atoms with Gasteiger partial charge in [-0.25, -0.2) is 13.1 Å². The van der Waals surface area contributed by atoms with Gasteiger partial charge in [-0.05, 0) is 19.1 Å². The van der Waals surface area contributed by atoms with Gasteiger partial charge >= 0.3 is 0 Å². The fourth-order valence-corrected chi connectivity index (χ4v) is 4.00. The van der Waals surface area contributed by atoms with Crippen LogP contribution in [0.3, 0.4) is 0 Å². The summed E-state index contributed by atoms with van der Waals surface area (Å²) in [5.74, 6) is 0.530. The molecule has 0 amide bonds. The fourth-order valence-electron chi connectivity index (χ4n) is 2.03. The van der Waals surface area contributed by atoms with Crippen LogP contribution in [-0.2, 0) is 17.1 Å². The molecule has 0 aliphatic heterocycles. The Morgan fingerprint density at radius 2 is 2.14 bits per heavy atom. The molecule has 110 valence electrons. The van der Waals surface area contributed by atoms with Gasteiger partial charge in [-0.1, -0.05) is 6.07 Å². The number of aryl methyl sites for hydroxylation is 1. The zero-order valence-corrected chi connectivity index (χ0v) is 12.9. The Hall–Kier alpha value is -1.91. The summed E-state index contributed by atoms with van der Waals surface area (Å²) in [6.07, 6.45) is 1.52. The smallest absolute Gasteiger partial charge is 0.243 e. The van der Waals surface area contributed by atoms with Gasteiger partial charge in [0.1, 0.15) is 28.1 Å². The Labute approximate surface area is 125 Å². The summed E-state index contributed by atoms with van der Waals surface area (Å²) in [5.41, 5.74) is 0.939. The van der Waals surface area contributed by atoms with E-state index in [9.17, 15) is 8.42 Å². The van der Waals surface area contributed by atoms with Crippen LogP contribution in [0.5, 0.6) is 0 Å². The molecule has 10 heteroatoms. The van der Waals surface area contributed by atoms with Gasteiger partial charge < -0.3 is 4.57 Å². The number of fused-ring (bicyclic) bond motifs is 1. The highest BCUT2D eigenvalue weighted by Gasteiger charge is 2.24. The molecule has 1 N–H and O–H groups in total. The zero-order chi connectivity index (χ0) is 15.0. The largest absolute Gasteiger partial charge is 0.319 e. The van der Waals surface area contributed by atoms with Gasteiger partial charge in [0.15, 0.2) is 0 Å². The van der Waals surface area contributed by atoms with Crippen LogP contribution in [0.4, 0.5) is 0 Å². The summed E-state index contributed by atoms with van der Waals surface area (Å²) >= 11 is 0.984. The maximum Gasteiger partial charge on any atom is 0.243 e. The van der Waals surface area contributed by atoms with Crippen molar-refractivity contribution in [2.24, 2.45) is 7.05 Å². The van der Waals surface area contributed by atoms with E-state index in [1.165, 1.54) is 12.4 Å². The minimum Gasteiger partial charge on any atom is -0.319 e. The second kappa shape index (κ2) is 5.13. The summed E-state index contributed by atoms with van der Waals surface area (Å²) in [6, 6.07) is 4.37. The number of nitrogens with one attached hydrogen (secondary N) is 1. The molecule has 3 aromatic rings. The van der Waals surface area contributed by atoms with Crippen LogP contribution in [0.25, 0.3) is 11.0 Å². The maximum absolute atomic E-state index is 12.5. The third-order valence-corrected chi connectivity index (χ3v) is 5.12. The standard InChI is InChI=1S/C11H12N6O2S2/c1-7(11-13-12-6-17(11)2)16-21(18,19)9-5-3-4-8-10(9)15-20-14-8/h3-7,16H,1-2H3/t7-/m0/s1. The van der Waals surface area contributed by atoms with Gasteiger partial charge in [-0.2, -0.15) is 8.75 Å². The first kappa shape index (κ1) is 14.0. The summed E-state index contributed by atoms with van der Waals surface area (Å²) in [6.45, 7) is 1.71. The summed E-state index contributed by atoms with van der Waals surface area (Å²) in [4.78, 5) is 0.114. The first-order valence-corrected chi connectivity index (χ1v) is 8.28. The Kier molecular flexibility index (Phi) is 3.43. The molecular formula is C11H12N6O2S2. The van der Waals surface area contributed by atoms with Crippen molar-refractivity contribution in [1.29, 1.82) is 0 Å². The van der Waals surface area contributed by atoms with Crippen molar-refractivity contribution in [2.45, 2.75) is 17.9 Å². The predicted octanol–water partition coefficient (Wildman–Crippen LogP) is 0.859. The highest BCUT2D eigenvalue weighted by Crippen LogP contribution is 2.22. The van der Waals surface area contributed by atoms with Crippen molar-refractivity contribution < 1.29 is 8.42 Å². The molecule has 0 saturated heterocycles. The Morgan fingerprint density at radius 1 is 1.33 bits per heavy atom. The summed E-state index contributed by atoms with van der Waals surface area (Å²) in [7, 11) is -1.97. The van der Waals surface area contributed by atoms with Crippen molar-refractivity contribution >= 4 is 32.8 Å². The second-order valence-corrected chi connectivity index (χ2v) is 6.74. The molecule has 2 aromatic heterocycles. The number of benzene rings is 1. The average Bonchev–Trinajstić information content (AvgIpc) is 3.05. The van der Waals surface area contributed by atoms with Crippen molar-refractivity contribution in [3.63, 3.8) is 0 Å². The van der Waals surface area contributed by atoms with Crippen LogP contribution in [0.15, 0.2) is 29.4 Å². The Balaban J connectivity index is 1.98. The molecular weight excluding hydrogens is 312 g/mol. The predicted molar refractivity (Wildman–Crippen MR) is 77.2 cm³/mol. The molecule has 0 radical (unpaired) electrons. The van der Waals surface area contributed by atoms with E-state index in [2.05, 4.69) is 23.7 Å². The summed E-state index contributed by atoms with van der Waals surface area (Å²) in [5, 5.41) is 7.65. The lowest BCUT2D eigenvalue weighted by atomic mass is 10.3. The van der Waals surface area contributed by atoms with E-state index in [0.29, 0.717) is 16.9 Å². The van der Waals surface area contributed by atoms with E-state index in [0.717, 1.165) is 11.7 Å². The molecule has 0 aliphatic carbocycles. The number of aromatic nitrogens is 5. The van der Waals surface area contributed by atoms with Gasteiger partial charge in [-0.15, -0.1) is 10.2 Å². The molecule has 1 atom stereocenters. The van der Waals surface area contributed by atoms with Gasteiger partial charge in [0.25, 0.3) is 0 Å². The monoisotopic (exact) mass is 324 g/mol. The van der Waals surface area contributed by atoms with Crippen molar-refractivity contribution in [3.8, 4) is 0 Å². The SMILES string of the molecule is C[C@H](NS(=O)(=O)c1cccc2nsnc12)c1nncn1C. The molecule has 0 bridgehead atoms. The molecule has 0 aliphatic rings. The average molecular weight is 324 g/mol. The van der Waals surface area contributed by atoms with Crippen LogP contribution < -0.4 is 4.72 Å². The quantitative estimate of drug-likeness (QED) is 0.763. The van der Waals surface area contributed by atoms with Gasteiger partial charge in [0, 0.05) is 7.05 Å². The van der Waals surface area contributed by atoms with Crippen LogP contribution in [0, 0.1) is 0 Å². The number of rotatable bonds is 4. The Morgan fingerprint density at radius 3 is 2.86 bits per heavy atom. The molecule has 21 heavy (non-hydrogen) atoms. The minimum atomic E-state index is -3.73. The molecule has 1 aromatic carbocycles. The van der Waals surface area contributed by atoms with Crippen LogP contribution in [0.2, 0.25) is 0 Å². The summed E-state index contributed by atoms with van der Waals surface area (Å²) < 4.78 is 37.4. The zero-order valence-electron chi connectivity index (χ0n) is 11.3. The van der Waals surface area contributed by atoms with Crippen molar-refractivity contribution in [3.05, 3.63) is 30.4 Å². The lowest BCUT2D eigenvalue weighted by molar-refractivity contribution is 0.554. The van der Waals surface area contributed by atoms with Gasteiger partial charge in [-0.3, -0.25) is 0 Å². The molecule has 0 spiro atoms. The lowest BCUT2D eigenvalue weighted by Gasteiger charge is -2.13. The number of nitrogens with zero attached hydrogens (tertiary/aromatic N) is 5. The molecule has 0 saturated carbocycles. The number of hydrogen-bond acceptors (Lipinski definition) is 7. The third-order valence-electron chi connectivity index (χ3n) is 3.00. The first-order valence-electron chi connectivity index (χ1n) is 6.06. The highest BCUT2D eigenvalue weighted by atomic mass is 32.2. The van der Waals surface area contributed by atoms with E-state index < -0.39 is 16.1 Å². The van der Waals surface area contributed by atoms with Crippen molar-refractivity contribution in [1.82, 2.24) is 28.2 Å². The van der Waals surface area contributed by atoms with Crippen LogP contribution in [-0.4, -0.2) is 31.9 Å².